The number of carbonyl (C=O) groups is 1. The van der Waals surface area contributed by atoms with Crippen LogP contribution in [0.5, 0.6) is 5.75 Å². The number of rotatable bonds is 9. The predicted molar refractivity (Wildman–Crippen MR) is 114 cm³/mol. The van der Waals surface area contributed by atoms with E-state index in [9.17, 15) is 10.1 Å². The highest BCUT2D eigenvalue weighted by Gasteiger charge is 2.17. The van der Waals surface area contributed by atoms with E-state index in [0.29, 0.717) is 25.2 Å². The molecule has 0 aliphatic rings. The Bertz CT molecular complexity index is 1030. The Morgan fingerprint density at radius 2 is 2.00 bits per heavy atom. The Hall–Kier alpha value is -3.46. The van der Waals surface area contributed by atoms with E-state index < -0.39 is 0 Å². The number of benzene rings is 2. The van der Waals surface area contributed by atoms with Crippen molar-refractivity contribution in [3.63, 3.8) is 0 Å². The minimum Gasteiger partial charge on any atom is -0.491 e. The first-order valence-corrected chi connectivity index (χ1v) is 9.67. The number of fused-ring (bicyclic) bond motifs is 1. The molecule has 3 rings (SSSR count). The molecular weight excluding hydrogens is 366 g/mol. The number of nitrogens with one attached hydrogen (secondary N) is 1. The summed E-state index contributed by atoms with van der Waals surface area (Å²) in [4.78, 5) is 10.2. The SMILES string of the molecule is CCC(C)Oc1ccc2c(C#N)c(-c3ccc(NCCOC=O)cc3)n(C)c2c1. The van der Waals surface area contributed by atoms with Crippen molar-refractivity contribution in [3.05, 3.63) is 48.0 Å². The second-order valence-corrected chi connectivity index (χ2v) is 6.88. The molecule has 3 aromatic rings. The van der Waals surface area contributed by atoms with Gasteiger partial charge >= 0.3 is 0 Å². The topological polar surface area (TPSA) is 76.3 Å². The minimum absolute atomic E-state index is 0.139. The number of anilines is 1. The van der Waals surface area contributed by atoms with Crippen molar-refractivity contribution >= 4 is 23.1 Å². The number of nitriles is 1. The van der Waals surface area contributed by atoms with E-state index in [4.69, 9.17) is 4.74 Å². The van der Waals surface area contributed by atoms with Crippen LogP contribution in [0, 0.1) is 11.3 Å². The molecule has 2 aromatic carbocycles. The lowest BCUT2D eigenvalue weighted by Crippen LogP contribution is -2.09. The number of carbonyl (C=O) groups excluding carboxylic acids is 1. The summed E-state index contributed by atoms with van der Waals surface area (Å²) in [6, 6.07) is 16.1. The molecule has 0 aliphatic heterocycles. The molecule has 0 amide bonds. The van der Waals surface area contributed by atoms with Crippen LogP contribution in [0.3, 0.4) is 0 Å². The van der Waals surface area contributed by atoms with Gasteiger partial charge in [-0.3, -0.25) is 4.79 Å². The molecule has 0 radical (unpaired) electrons. The van der Waals surface area contributed by atoms with E-state index in [-0.39, 0.29) is 6.10 Å². The van der Waals surface area contributed by atoms with Crippen LogP contribution in [0.25, 0.3) is 22.2 Å². The fraction of sp³-hybridized carbons (Fsp3) is 0.304. The van der Waals surface area contributed by atoms with Crippen molar-refractivity contribution in [1.29, 1.82) is 5.26 Å². The van der Waals surface area contributed by atoms with Crippen LogP contribution in [-0.2, 0) is 16.6 Å². The van der Waals surface area contributed by atoms with E-state index in [0.717, 1.165) is 40.0 Å². The minimum atomic E-state index is 0.139. The Morgan fingerprint density at radius 3 is 2.66 bits per heavy atom. The van der Waals surface area contributed by atoms with Crippen molar-refractivity contribution in [2.24, 2.45) is 7.05 Å². The van der Waals surface area contributed by atoms with Gasteiger partial charge in [0.25, 0.3) is 6.47 Å². The highest BCUT2D eigenvalue weighted by Crippen LogP contribution is 2.35. The molecule has 6 nitrogen and oxygen atoms in total. The van der Waals surface area contributed by atoms with Crippen LogP contribution in [0.2, 0.25) is 0 Å². The maximum absolute atomic E-state index is 10.2. The second-order valence-electron chi connectivity index (χ2n) is 6.88. The Balaban J connectivity index is 1.93. The van der Waals surface area contributed by atoms with Crippen LogP contribution < -0.4 is 10.1 Å². The van der Waals surface area contributed by atoms with E-state index in [1.54, 1.807) is 0 Å². The number of hydrogen-bond donors (Lipinski definition) is 1. The molecule has 0 saturated heterocycles. The van der Waals surface area contributed by atoms with E-state index in [1.807, 2.05) is 61.0 Å². The van der Waals surface area contributed by atoms with E-state index in [1.165, 1.54) is 0 Å². The summed E-state index contributed by atoms with van der Waals surface area (Å²) < 4.78 is 12.7. The molecule has 0 fully saturated rings. The summed E-state index contributed by atoms with van der Waals surface area (Å²) in [7, 11) is 1.97. The molecule has 0 spiro atoms. The summed E-state index contributed by atoms with van der Waals surface area (Å²) in [6.45, 7) is 5.42. The summed E-state index contributed by atoms with van der Waals surface area (Å²) in [5, 5.41) is 13.9. The zero-order valence-corrected chi connectivity index (χ0v) is 16.9. The molecule has 150 valence electrons. The normalized spacial score (nSPS) is 11.7. The highest BCUT2D eigenvalue weighted by atomic mass is 16.5. The summed E-state index contributed by atoms with van der Waals surface area (Å²) in [6.07, 6.45) is 1.07. The highest BCUT2D eigenvalue weighted by molar-refractivity contribution is 5.95. The first-order chi connectivity index (χ1) is 14.1. The van der Waals surface area contributed by atoms with Gasteiger partial charge in [0.1, 0.15) is 18.4 Å². The maximum atomic E-state index is 10.2. The number of aryl methyl sites for hydroxylation is 1. The lowest BCUT2D eigenvalue weighted by Gasteiger charge is -2.12. The second kappa shape index (κ2) is 9.16. The zero-order valence-electron chi connectivity index (χ0n) is 16.9. The van der Waals surface area contributed by atoms with Crippen LogP contribution in [0.15, 0.2) is 42.5 Å². The van der Waals surface area contributed by atoms with Gasteiger partial charge in [-0.25, -0.2) is 0 Å². The molecule has 1 atom stereocenters. The molecule has 0 aliphatic carbocycles. The lowest BCUT2D eigenvalue weighted by atomic mass is 10.1. The Labute approximate surface area is 170 Å². The third kappa shape index (κ3) is 4.35. The molecule has 1 unspecified atom stereocenters. The fourth-order valence-electron chi connectivity index (χ4n) is 3.30. The van der Waals surface area contributed by atoms with Gasteiger partial charge in [-0.1, -0.05) is 19.1 Å². The average molecular weight is 391 g/mol. The predicted octanol–water partition coefficient (Wildman–Crippen LogP) is 4.48. The molecule has 0 bridgehead atoms. The largest absolute Gasteiger partial charge is 0.491 e. The fourth-order valence-corrected chi connectivity index (χ4v) is 3.30. The lowest BCUT2D eigenvalue weighted by molar-refractivity contribution is -0.128. The number of nitrogens with zero attached hydrogens (tertiary/aromatic N) is 2. The smallest absolute Gasteiger partial charge is 0.293 e. The first kappa shape index (κ1) is 20.3. The Morgan fingerprint density at radius 1 is 1.24 bits per heavy atom. The number of hydrogen-bond acceptors (Lipinski definition) is 5. The average Bonchev–Trinajstić information content (AvgIpc) is 3.03. The van der Waals surface area contributed by atoms with Crippen LogP contribution >= 0.6 is 0 Å². The van der Waals surface area contributed by atoms with Crippen LogP contribution in [0.1, 0.15) is 25.8 Å². The zero-order chi connectivity index (χ0) is 20.8. The van der Waals surface area contributed by atoms with Crippen molar-refractivity contribution in [2.75, 3.05) is 18.5 Å². The molecule has 0 saturated carbocycles. The van der Waals surface area contributed by atoms with Crippen molar-refractivity contribution < 1.29 is 14.3 Å². The molecule has 1 aromatic heterocycles. The first-order valence-electron chi connectivity index (χ1n) is 9.67. The third-order valence-corrected chi connectivity index (χ3v) is 4.97. The van der Waals surface area contributed by atoms with Crippen molar-refractivity contribution in [2.45, 2.75) is 26.4 Å². The molecular formula is C23H25N3O3. The van der Waals surface area contributed by atoms with E-state index >= 15 is 0 Å². The molecule has 29 heavy (non-hydrogen) atoms. The molecule has 6 heteroatoms. The quantitative estimate of drug-likeness (QED) is 0.430. The van der Waals surface area contributed by atoms with Gasteiger partial charge in [0, 0.05) is 30.7 Å². The summed E-state index contributed by atoms with van der Waals surface area (Å²) >= 11 is 0. The summed E-state index contributed by atoms with van der Waals surface area (Å²) in [5.41, 5.74) is 4.37. The van der Waals surface area contributed by atoms with Crippen molar-refractivity contribution in [3.8, 4) is 23.1 Å². The molecule has 1 heterocycles. The van der Waals surface area contributed by atoms with Gasteiger partial charge in [-0.15, -0.1) is 0 Å². The number of aromatic nitrogens is 1. The van der Waals surface area contributed by atoms with Gasteiger partial charge in [-0.05, 0) is 43.2 Å². The molecule has 1 N–H and O–H groups in total. The van der Waals surface area contributed by atoms with Gasteiger partial charge < -0.3 is 19.4 Å². The van der Waals surface area contributed by atoms with Crippen LogP contribution in [-0.4, -0.2) is 30.3 Å². The summed E-state index contributed by atoms with van der Waals surface area (Å²) in [5.74, 6) is 0.806. The maximum Gasteiger partial charge on any atom is 0.293 e. The third-order valence-electron chi connectivity index (χ3n) is 4.97. The van der Waals surface area contributed by atoms with Crippen LogP contribution in [0.4, 0.5) is 5.69 Å². The van der Waals surface area contributed by atoms with Gasteiger partial charge in [-0.2, -0.15) is 5.26 Å². The number of ether oxygens (including phenoxy) is 2. The van der Waals surface area contributed by atoms with Crippen molar-refractivity contribution in [1.82, 2.24) is 4.57 Å². The van der Waals surface area contributed by atoms with Gasteiger partial charge in [0.15, 0.2) is 0 Å². The van der Waals surface area contributed by atoms with E-state index in [2.05, 4.69) is 23.0 Å². The standard InChI is InChI=1S/C23H25N3O3/c1-4-16(2)29-19-9-10-20-21(14-24)23(26(3)22(20)13-19)17-5-7-18(8-6-17)25-11-12-28-15-27/h5-10,13,15-16,25H,4,11-12H2,1-3H3. The monoisotopic (exact) mass is 391 g/mol. The Kier molecular flexibility index (Phi) is 6.40. The van der Waals surface area contributed by atoms with Gasteiger partial charge in [0.05, 0.1) is 22.9 Å². The van der Waals surface area contributed by atoms with Gasteiger partial charge in [0.2, 0.25) is 0 Å².